The molecule has 3 N–H and O–H groups in total. The molecule has 0 radical (unpaired) electrons. The molecule has 104 valence electrons. The number of rotatable bonds is 3. The van der Waals surface area contributed by atoms with Gasteiger partial charge in [0.25, 0.3) is 5.91 Å². The average Bonchev–Trinajstić information content (AvgIpc) is 3.16. The van der Waals surface area contributed by atoms with Gasteiger partial charge < -0.3 is 15.6 Å². The van der Waals surface area contributed by atoms with Gasteiger partial charge in [-0.2, -0.15) is 0 Å². The zero-order valence-electron chi connectivity index (χ0n) is 10.3. The molecular weight excluding hydrogens is 390 g/mol. The number of hydrogen-bond donors (Lipinski definition) is 2. The zero-order valence-corrected chi connectivity index (χ0v) is 13.5. The third kappa shape index (κ3) is 2.71. The molecule has 0 spiro atoms. The van der Waals surface area contributed by atoms with Crippen molar-refractivity contribution in [3.8, 4) is 0 Å². The van der Waals surface area contributed by atoms with Crippen LogP contribution in [0.15, 0.2) is 27.7 Å². The maximum atomic E-state index is 12.3. The largest absolute Gasteiger partial charge is 0.397 e. The van der Waals surface area contributed by atoms with Gasteiger partial charge in [-0.15, -0.1) is 0 Å². The second-order valence-corrected chi connectivity index (χ2v) is 6.15. The number of nitrogens with one attached hydrogen (secondary N) is 1. The SMILES string of the molecule is Nc1cc(C(=O)Nc2ncc(Br)nc2Br)n(C2CC2)c1. The van der Waals surface area contributed by atoms with Crippen molar-refractivity contribution in [1.82, 2.24) is 14.5 Å². The first-order chi connectivity index (χ1) is 9.54. The summed E-state index contributed by atoms with van der Waals surface area (Å²) >= 11 is 6.48. The van der Waals surface area contributed by atoms with E-state index in [0.29, 0.717) is 32.4 Å². The van der Waals surface area contributed by atoms with Crippen molar-refractivity contribution in [2.75, 3.05) is 11.1 Å². The normalized spacial score (nSPS) is 14.3. The summed E-state index contributed by atoms with van der Waals surface area (Å²) in [6.45, 7) is 0. The van der Waals surface area contributed by atoms with Gasteiger partial charge in [-0.1, -0.05) is 0 Å². The molecule has 0 atom stereocenters. The van der Waals surface area contributed by atoms with Gasteiger partial charge in [-0.05, 0) is 50.8 Å². The van der Waals surface area contributed by atoms with E-state index in [1.807, 2.05) is 4.57 Å². The lowest BCUT2D eigenvalue weighted by atomic mass is 10.3. The Morgan fingerprint density at radius 1 is 1.45 bits per heavy atom. The first-order valence-corrected chi connectivity index (χ1v) is 7.60. The molecule has 0 unspecified atom stereocenters. The Bertz CT molecular complexity index is 680. The Balaban J connectivity index is 1.86. The molecule has 0 aromatic carbocycles. The zero-order chi connectivity index (χ0) is 14.3. The molecule has 2 heterocycles. The van der Waals surface area contributed by atoms with E-state index in [0.717, 1.165) is 12.8 Å². The fraction of sp³-hybridized carbons (Fsp3) is 0.250. The van der Waals surface area contributed by atoms with Gasteiger partial charge in [-0.25, -0.2) is 9.97 Å². The van der Waals surface area contributed by atoms with Gasteiger partial charge in [0.2, 0.25) is 0 Å². The molecule has 2 aromatic heterocycles. The number of amides is 1. The number of hydrogen-bond acceptors (Lipinski definition) is 4. The van der Waals surface area contributed by atoms with Crippen LogP contribution in [0.1, 0.15) is 29.4 Å². The fourth-order valence-corrected chi connectivity index (χ4v) is 2.85. The van der Waals surface area contributed by atoms with E-state index in [4.69, 9.17) is 5.73 Å². The highest BCUT2D eigenvalue weighted by atomic mass is 79.9. The van der Waals surface area contributed by atoms with Gasteiger partial charge in [0.15, 0.2) is 5.82 Å². The van der Waals surface area contributed by atoms with Crippen molar-refractivity contribution in [3.05, 3.63) is 33.4 Å². The minimum Gasteiger partial charge on any atom is -0.397 e. The minimum atomic E-state index is -0.245. The van der Waals surface area contributed by atoms with Gasteiger partial charge in [0.1, 0.15) is 14.9 Å². The van der Waals surface area contributed by atoms with Gasteiger partial charge in [0, 0.05) is 12.2 Å². The van der Waals surface area contributed by atoms with Crippen LogP contribution in [0.3, 0.4) is 0 Å². The molecular formula is C12H11Br2N5O. The molecule has 1 aliphatic rings. The monoisotopic (exact) mass is 399 g/mol. The lowest BCUT2D eigenvalue weighted by Gasteiger charge is -2.08. The van der Waals surface area contributed by atoms with Crippen LogP contribution in [0.2, 0.25) is 0 Å². The van der Waals surface area contributed by atoms with Crippen molar-refractivity contribution in [2.45, 2.75) is 18.9 Å². The molecule has 8 heteroatoms. The summed E-state index contributed by atoms with van der Waals surface area (Å²) in [4.78, 5) is 20.6. The van der Waals surface area contributed by atoms with E-state index in [1.165, 1.54) is 6.20 Å². The number of nitrogens with two attached hydrogens (primary N) is 1. The molecule has 0 aliphatic heterocycles. The summed E-state index contributed by atoms with van der Waals surface area (Å²) in [5.74, 6) is 0.131. The Morgan fingerprint density at radius 3 is 2.85 bits per heavy atom. The van der Waals surface area contributed by atoms with E-state index in [1.54, 1.807) is 12.3 Å². The topological polar surface area (TPSA) is 85.8 Å². The second-order valence-electron chi connectivity index (χ2n) is 4.58. The first kappa shape index (κ1) is 13.6. The molecule has 3 rings (SSSR count). The summed E-state index contributed by atoms with van der Waals surface area (Å²) in [6, 6.07) is 2.06. The van der Waals surface area contributed by atoms with Crippen molar-refractivity contribution < 1.29 is 4.79 Å². The van der Waals surface area contributed by atoms with E-state index < -0.39 is 0 Å². The van der Waals surface area contributed by atoms with Crippen LogP contribution >= 0.6 is 31.9 Å². The van der Waals surface area contributed by atoms with Crippen molar-refractivity contribution in [3.63, 3.8) is 0 Å². The molecule has 1 aliphatic carbocycles. The molecule has 1 saturated carbocycles. The highest BCUT2D eigenvalue weighted by molar-refractivity contribution is 9.11. The maximum Gasteiger partial charge on any atom is 0.273 e. The highest BCUT2D eigenvalue weighted by Gasteiger charge is 2.28. The first-order valence-electron chi connectivity index (χ1n) is 6.01. The summed E-state index contributed by atoms with van der Waals surface area (Å²) in [7, 11) is 0. The summed E-state index contributed by atoms with van der Waals surface area (Å²) in [6.07, 6.45) is 5.48. The average molecular weight is 401 g/mol. The lowest BCUT2D eigenvalue weighted by molar-refractivity contribution is 0.101. The van der Waals surface area contributed by atoms with Crippen LogP contribution in [0.5, 0.6) is 0 Å². The molecule has 0 saturated heterocycles. The molecule has 20 heavy (non-hydrogen) atoms. The smallest absolute Gasteiger partial charge is 0.273 e. The fourth-order valence-electron chi connectivity index (χ4n) is 1.94. The van der Waals surface area contributed by atoms with Gasteiger partial charge in [0.05, 0.1) is 11.9 Å². The third-order valence-corrected chi connectivity index (χ3v) is 3.91. The molecule has 2 aromatic rings. The third-order valence-electron chi connectivity index (χ3n) is 2.98. The number of carbonyl (C=O) groups excluding carboxylic acids is 1. The van der Waals surface area contributed by atoms with E-state index in [2.05, 4.69) is 47.1 Å². The Labute approximate surface area is 132 Å². The summed E-state index contributed by atoms with van der Waals surface area (Å²) < 4.78 is 2.98. The van der Waals surface area contributed by atoms with E-state index in [-0.39, 0.29) is 5.91 Å². The quantitative estimate of drug-likeness (QED) is 0.829. The highest BCUT2D eigenvalue weighted by Crippen LogP contribution is 2.37. The van der Waals surface area contributed by atoms with Crippen LogP contribution in [0.4, 0.5) is 11.5 Å². The number of halogens is 2. The molecule has 1 fully saturated rings. The second kappa shape index (κ2) is 5.17. The van der Waals surface area contributed by atoms with Crippen LogP contribution in [-0.4, -0.2) is 20.4 Å². The van der Waals surface area contributed by atoms with Crippen LogP contribution in [0, 0.1) is 0 Å². The molecule has 1 amide bonds. The van der Waals surface area contributed by atoms with E-state index in [9.17, 15) is 4.79 Å². The van der Waals surface area contributed by atoms with Crippen molar-refractivity contribution in [1.29, 1.82) is 0 Å². The lowest BCUT2D eigenvalue weighted by Crippen LogP contribution is -2.17. The minimum absolute atomic E-state index is 0.245. The number of nitrogens with zero attached hydrogens (tertiary/aromatic N) is 3. The van der Waals surface area contributed by atoms with Crippen LogP contribution in [-0.2, 0) is 0 Å². The predicted octanol–water partition coefficient (Wildman–Crippen LogP) is 2.97. The van der Waals surface area contributed by atoms with Gasteiger partial charge >= 0.3 is 0 Å². The summed E-state index contributed by atoms with van der Waals surface area (Å²) in [5.41, 5.74) is 6.91. The van der Waals surface area contributed by atoms with Crippen LogP contribution in [0.25, 0.3) is 0 Å². The van der Waals surface area contributed by atoms with Crippen molar-refractivity contribution >= 4 is 49.3 Å². The Morgan fingerprint density at radius 2 is 2.20 bits per heavy atom. The maximum absolute atomic E-state index is 12.3. The molecule has 0 bridgehead atoms. The van der Waals surface area contributed by atoms with Crippen LogP contribution < -0.4 is 11.1 Å². The molecule has 6 nitrogen and oxygen atoms in total. The number of anilines is 2. The van der Waals surface area contributed by atoms with Crippen molar-refractivity contribution in [2.24, 2.45) is 0 Å². The number of aromatic nitrogens is 3. The summed E-state index contributed by atoms with van der Waals surface area (Å²) in [5, 5.41) is 2.73. The number of nitrogen functional groups attached to an aromatic ring is 1. The Kier molecular flexibility index (Phi) is 3.51. The number of carbonyl (C=O) groups is 1. The Hall–Kier alpha value is -1.41. The van der Waals surface area contributed by atoms with E-state index >= 15 is 0 Å². The predicted molar refractivity (Wildman–Crippen MR) is 82.5 cm³/mol. The standard InChI is InChI=1S/C12H11Br2N5O/c13-9-4-16-11(10(14)17-9)18-12(20)8-3-6(15)5-19(8)7-1-2-7/h3-5,7H,1-2,15H2,(H,16,18,20). The van der Waals surface area contributed by atoms with Gasteiger partial charge in [-0.3, -0.25) is 4.79 Å².